The highest BCUT2D eigenvalue weighted by atomic mass is 19.3. The van der Waals surface area contributed by atoms with Gasteiger partial charge in [0, 0.05) is 16.8 Å². The lowest BCUT2D eigenvalue weighted by Crippen LogP contribution is -2.52. The van der Waals surface area contributed by atoms with E-state index in [0.717, 1.165) is 6.07 Å². The molecule has 0 fully saturated rings. The third kappa shape index (κ3) is 2.64. The number of hydrogen-bond donors (Lipinski definition) is 1. The van der Waals surface area contributed by atoms with Crippen molar-refractivity contribution >= 4 is 23.4 Å². The molecule has 2 aromatic carbocycles. The molecule has 0 unspecified atom stereocenters. The largest absolute Gasteiger partial charge is 0.351 e. The number of carbonyl (C=O) groups excluding carboxylic acids is 3. The first-order valence-corrected chi connectivity index (χ1v) is 7.10. The number of rotatable bonds is 3. The molecule has 0 bridgehead atoms. The number of anilines is 1. The highest BCUT2D eigenvalue weighted by Gasteiger charge is 2.52. The van der Waals surface area contributed by atoms with Gasteiger partial charge >= 0.3 is 11.8 Å². The van der Waals surface area contributed by atoms with Crippen molar-refractivity contribution in [2.75, 3.05) is 11.9 Å². The highest BCUT2D eigenvalue weighted by Crippen LogP contribution is 2.37. The number of benzene rings is 2. The molecule has 0 spiro atoms. The minimum atomic E-state index is -3.85. The Kier molecular flexibility index (Phi) is 3.84. The first-order chi connectivity index (χ1) is 11.4. The van der Waals surface area contributed by atoms with Crippen LogP contribution in [0, 0.1) is 0 Å². The van der Waals surface area contributed by atoms with Crippen LogP contribution < -0.4 is 5.32 Å². The Balaban J connectivity index is 1.85. The van der Waals surface area contributed by atoms with E-state index in [9.17, 15) is 23.2 Å². The number of nitrogens with one attached hydrogen (secondary N) is 1. The van der Waals surface area contributed by atoms with Crippen LogP contribution in [0.2, 0.25) is 0 Å². The van der Waals surface area contributed by atoms with Crippen LogP contribution in [0.15, 0.2) is 54.6 Å². The van der Waals surface area contributed by atoms with Crippen LogP contribution in [0.3, 0.4) is 0 Å². The summed E-state index contributed by atoms with van der Waals surface area (Å²) >= 11 is 0. The van der Waals surface area contributed by atoms with Gasteiger partial charge in [0.05, 0.1) is 0 Å². The van der Waals surface area contributed by atoms with Crippen LogP contribution in [0.25, 0.3) is 0 Å². The zero-order valence-electron chi connectivity index (χ0n) is 12.3. The number of fused-ring (bicyclic) bond motifs is 1. The number of alkyl halides is 2. The Bertz CT molecular complexity index is 822. The molecular weight excluding hydrogens is 318 g/mol. The Morgan fingerprint density at radius 2 is 1.62 bits per heavy atom. The predicted octanol–water partition coefficient (Wildman–Crippen LogP) is 2.40. The fourth-order valence-corrected chi connectivity index (χ4v) is 2.47. The summed E-state index contributed by atoms with van der Waals surface area (Å²) in [5, 5.41) is 2.45. The van der Waals surface area contributed by atoms with E-state index >= 15 is 0 Å². The van der Waals surface area contributed by atoms with Crippen LogP contribution >= 0.6 is 0 Å². The summed E-state index contributed by atoms with van der Waals surface area (Å²) in [6.07, 6.45) is 0. The van der Waals surface area contributed by atoms with Crippen molar-refractivity contribution in [2.24, 2.45) is 0 Å². The van der Waals surface area contributed by atoms with Crippen molar-refractivity contribution in [1.82, 2.24) is 4.90 Å². The summed E-state index contributed by atoms with van der Waals surface area (Å²) in [6.45, 7) is -0.781. The van der Waals surface area contributed by atoms with E-state index in [-0.39, 0.29) is 10.5 Å². The molecular formula is C17H12F2N2O3. The predicted molar refractivity (Wildman–Crippen MR) is 81.5 cm³/mol. The van der Waals surface area contributed by atoms with Crippen LogP contribution in [-0.4, -0.2) is 29.2 Å². The van der Waals surface area contributed by atoms with Gasteiger partial charge in [0.15, 0.2) is 0 Å². The number of imide groups is 1. The molecule has 0 atom stereocenters. The van der Waals surface area contributed by atoms with E-state index in [2.05, 4.69) is 5.32 Å². The van der Waals surface area contributed by atoms with Gasteiger partial charge in [-0.25, -0.2) is 0 Å². The molecule has 1 heterocycles. The fourth-order valence-electron chi connectivity index (χ4n) is 2.47. The molecule has 0 saturated heterocycles. The number of hydrogen-bond acceptors (Lipinski definition) is 3. The van der Waals surface area contributed by atoms with Gasteiger partial charge < -0.3 is 5.32 Å². The molecule has 122 valence electrons. The number of carbonyl (C=O) groups is 3. The molecule has 0 saturated carbocycles. The quantitative estimate of drug-likeness (QED) is 0.879. The Morgan fingerprint density at radius 1 is 1.00 bits per heavy atom. The molecule has 1 N–H and O–H groups in total. The lowest BCUT2D eigenvalue weighted by Gasteiger charge is -2.31. The standard InChI is InChI=1S/C17H12F2N2O3/c18-17(19)13-9-5-4-8-12(13)15(23)21(16(17)24)10-14(22)20-11-6-2-1-3-7-11/h1-9H,10H2,(H,20,22). The second-order valence-electron chi connectivity index (χ2n) is 5.23. The first-order valence-electron chi connectivity index (χ1n) is 7.10. The minimum absolute atomic E-state index is 0.278. The molecule has 0 radical (unpaired) electrons. The van der Waals surface area contributed by atoms with Gasteiger partial charge in [-0.15, -0.1) is 0 Å². The van der Waals surface area contributed by atoms with Gasteiger partial charge in [-0.1, -0.05) is 36.4 Å². The third-order valence-electron chi connectivity index (χ3n) is 3.61. The second kappa shape index (κ2) is 5.84. The molecule has 3 rings (SSSR count). The molecule has 0 aromatic heterocycles. The van der Waals surface area contributed by atoms with Gasteiger partial charge in [0.1, 0.15) is 6.54 Å². The zero-order chi connectivity index (χ0) is 17.3. The van der Waals surface area contributed by atoms with E-state index < -0.39 is 35.8 Å². The van der Waals surface area contributed by atoms with Gasteiger partial charge in [-0.2, -0.15) is 8.78 Å². The summed E-state index contributed by atoms with van der Waals surface area (Å²) in [7, 11) is 0. The van der Waals surface area contributed by atoms with Crippen molar-refractivity contribution < 1.29 is 23.2 Å². The fraction of sp³-hybridized carbons (Fsp3) is 0.118. The maximum atomic E-state index is 14.2. The molecule has 1 aliphatic rings. The average molecular weight is 330 g/mol. The number of nitrogens with zero attached hydrogens (tertiary/aromatic N) is 1. The van der Waals surface area contributed by atoms with Crippen molar-refractivity contribution in [3.8, 4) is 0 Å². The van der Waals surface area contributed by atoms with Gasteiger partial charge in [0.25, 0.3) is 5.91 Å². The van der Waals surface area contributed by atoms with Gasteiger partial charge in [0.2, 0.25) is 5.91 Å². The molecule has 0 aliphatic carbocycles. The number of amides is 3. The number of halogens is 2. The van der Waals surface area contributed by atoms with Crippen LogP contribution in [0.1, 0.15) is 15.9 Å². The molecule has 2 aromatic rings. The van der Waals surface area contributed by atoms with Crippen molar-refractivity contribution in [2.45, 2.75) is 5.92 Å². The lowest BCUT2D eigenvalue weighted by molar-refractivity contribution is -0.158. The Labute approximate surface area is 135 Å². The summed E-state index contributed by atoms with van der Waals surface area (Å²) < 4.78 is 28.4. The maximum absolute atomic E-state index is 14.2. The van der Waals surface area contributed by atoms with Crippen molar-refractivity contribution in [3.05, 3.63) is 65.7 Å². The average Bonchev–Trinajstić information content (AvgIpc) is 2.58. The zero-order valence-corrected chi connectivity index (χ0v) is 12.3. The van der Waals surface area contributed by atoms with Crippen molar-refractivity contribution in [1.29, 1.82) is 0 Å². The van der Waals surface area contributed by atoms with Gasteiger partial charge in [-0.05, 0) is 18.2 Å². The summed E-state index contributed by atoms with van der Waals surface area (Å²) in [5.41, 5.74) is -0.485. The smallest absolute Gasteiger partial charge is 0.325 e. The summed E-state index contributed by atoms with van der Waals surface area (Å²) in [5.74, 6) is -7.20. The normalized spacial score (nSPS) is 15.8. The molecule has 5 nitrogen and oxygen atoms in total. The van der Waals surface area contributed by atoms with Gasteiger partial charge in [-0.3, -0.25) is 19.3 Å². The molecule has 1 aliphatic heterocycles. The topological polar surface area (TPSA) is 66.5 Å². The minimum Gasteiger partial charge on any atom is -0.325 e. The van der Waals surface area contributed by atoms with Crippen LogP contribution in [-0.2, 0) is 15.5 Å². The van der Waals surface area contributed by atoms with Crippen molar-refractivity contribution in [3.63, 3.8) is 0 Å². The SMILES string of the molecule is O=C(CN1C(=O)c2ccccc2C(F)(F)C1=O)Nc1ccccc1. The van der Waals surface area contributed by atoms with Crippen LogP contribution in [0.5, 0.6) is 0 Å². The Hall–Kier alpha value is -3.09. The highest BCUT2D eigenvalue weighted by molar-refractivity contribution is 6.14. The van der Waals surface area contributed by atoms with E-state index in [1.54, 1.807) is 30.3 Å². The van der Waals surface area contributed by atoms with E-state index in [4.69, 9.17) is 0 Å². The maximum Gasteiger partial charge on any atom is 0.351 e. The van der Waals surface area contributed by atoms with Crippen LogP contribution in [0.4, 0.5) is 14.5 Å². The van der Waals surface area contributed by atoms with E-state index in [1.165, 1.54) is 18.2 Å². The molecule has 3 amide bonds. The van der Waals surface area contributed by atoms with E-state index in [0.29, 0.717) is 5.69 Å². The van der Waals surface area contributed by atoms with E-state index in [1.807, 2.05) is 0 Å². The monoisotopic (exact) mass is 330 g/mol. The summed E-state index contributed by atoms with van der Waals surface area (Å²) in [6, 6.07) is 13.3. The molecule has 7 heteroatoms. The third-order valence-corrected chi connectivity index (χ3v) is 3.61. The Morgan fingerprint density at radius 3 is 2.33 bits per heavy atom. The summed E-state index contributed by atoms with van der Waals surface area (Å²) in [4.78, 5) is 36.5. The molecule has 24 heavy (non-hydrogen) atoms. The second-order valence-corrected chi connectivity index (χ2v) is 5.23. The number of para-hydroxylation sites is 1. The first kappa shape index (κ1) is 15.8. The lowest BCUT2D eigenvalue weighted by atomic mass is 9.95.